The summed E-state index contributed by atoms with van der Waals surface area (Å²) in [5.41, 5.74) is 1.06. The number of rotatable bonds is 3. The summed E-state index contributed by atoms with van der Waals surface area (Å²) in [6.45, 7) is 1.95. The highest BCUT2D eigenvalue weighted by atomic mass is 32.2. The van der Waals surface area contributed by atoms with Crippen LogP contribution in [0, 0.1) is 30.6 Å². The quantitative estimate of drug-likeness (QED) is 0.802. The Labute approximate surface area is 126 Å². The van der Waals surface area contributed by atoms with Gasteiger partial charge in [-0.05, 0) is 74.8 Å². The third-order valence-electron chi connectivity index (χ3n) is 5.93. The Morgan fingerprint density at radius 3 is 2.43 bits per heavy atom. The first kappa shape index (κ1) is 13.8. The van der Waals surface area contributed by atoms with Gasteiger partial charge < -0.3 is 0 Å². The van der Waals surface area contributed by atoms with Crippen LogP contribution in [-0.2, 0) is 14.3 Å². The lowest BCUT2D eigenvalue weighted by Gasteiger charge is -2.19. The molecule has 0 heterocycles. The van der Waals surface area contributed by atoms with Crippen LogP contribution in [0.1, 0.15) is 37.7 Å². The summed E-state index contributed by atoms with van der Waals surface area (Å²) in [7, 11) is -3.62. The largest absolute Gasteiger partial charge is 0.297 e. The Morgan fingerprint density at radius 1 is 1.00 bits per heavy atom. The highest BCUT2D eigenvalue weighted by Gasteiger charge is 2.54. The molecule has 4 rings (SSSR count). The van der Waals surface area contributed by atoms with Gasteiger partial charge in [0, 0.05) is 0 Å². The third kappa shape index (κ3) is 2.23. The van der Waals surface area contributed by atoms with Crippen LogP contribution in [0.15, 0.2) is 29.2 Å². The minimum Gasteiger partial charge on any atom is -0.263 e. The molecule has 0 radical (unpaired) electrons. The van der Waals surface area contributed by atoms with Crippen LogP contribution in [0.25, 0.3) is 0 Å². The summed E-state index contributed by atoms with van der Waals surface area (Å²) in [6, 6.07) is 6.95. The van der Waals surface area contributed by atoms with E-state index in [0.717, 1.165) is 30.2 Å². The Morgan fingerprint density at radius 2 is 1.67 bits per heavy atom. The van der Waals surface area contributed by atoms with Gasteiger partial charge in [0.15, 0.2) is 0 Å². The molecule has 0 aromatic heterocycles. The summed E-state index contributed by atoms with van der Waals surface area (Å²) >= 11 is 0. The molecule has 3 nitrogen and oxygen atoms in total. The van der Waals surface area contributed by atoms with Crippen molar-refractivity contribution in [2.45, 2.75) is 50.0 Å². The van der Waals surface area contributed by atoms with Crippen LogP contribution in [0.2, 0.25) is 0 Å². The van der Waals surface area contributed by atoms with Gasteiger partial charge in [0.1, 0.15) is 0 Å². The van der Waals surface area contributed by atoms with E-state index >= 15 is 0 Å². The lowest BCUT2D eigenvalue weighted by Crippen LogP contribution is -2.23. The van der Waals surface area contributed by atoms with E-state index in [9.17, 15) is 8.42 Å². The molecule has 0 bridgehead atoms. The molecule has 5 unspecified atom stereocenters. The molecule has 3 aliphatic carbocycles. The van der Waals surface area contributed by atoms with Crippen molar-refractivity contribution in [1.82, 2.24) is 0 Å². The van der Waals surface area contributed by atoms with E-state index < -0.39 is 10.1 Å². The van der Waals surface area contributed by atoms with Crippen molar-refractivity contribution in [1.29, 1.82) is 0 Å². The second-order valence-corrected chi connectivity index (χ2v) is 8.63. The summed E-state index contributed by atoms with van der Waals surface area (Å²) in [5, 5.41) is 0. The first-order valence-corrected chi connectivity index (χ1v) is 9.45. The first-order chi connectivity index (χ1) is 10.0. The number of hydrogen-bond acceptors (Lipinski definition) is 3. The van der Waals surface area contributed by atoms with Crippen LogP contribution >= 0.6 is 0 Å². The summed E-state index contributed by atoms with van der Waals surface area (Å²) in [4.78, 5) is 0.291. The molecule has 5 atom stereocenters. The van der Waals surface area contributed by atoms with Crippen LogP contribution in [0.5, 0.6) is 0 Å². The van der Waals surface area contributed by atoms with Crippen LogP contribution < -0.4 is 0 Å². The van der Waals surface area contributed by atoms with Crippen LogP contribution in [0.4, 0.5) is 0 Å². The molecule has 3 saturated carbocycles. The van der Waals surface area contributed by atoms with Crippen molar-refractivity contribution in [3.05, 3.63) is 29.8 Å². The monoisotopic (exact) mass is 306 g/mol. The SMILES string of the molecule is Cc1ccc(S(=O)(=O)OC2CC3CCC4CCC2C43)cc1. The van der Waals surface area contributed by atoms with Crippen LogP contribution in [0.3, 0.4) is 0 Å². The molecule has 3 fully saturated rings. The Bertz CT molecular complexity index is 635. The lowest BCUT2D eigenvalue weighted by molar-refractivity contribution is 0.155. The highest BCUT2D eigenvalue weighted by Crippen LogP contribution is 2.59. The van der Waals surface area contributed by atoms with E-state index in [0.29, 0.717) is 16.7 Å². The highest BCUT2D eigenvalue weighted by molar-refractivity contribution is 7.86. The maximum absolute atomic E-state index is 12.5. The van der Waals surface area contributed by atoms with Gasteiger partial charge in [0.05, 0.1) is 11.0 Å². The zero-order chi connectivity index (χ0) is 14.6. The lowest BCUT2D eigenvalue weighted by atomic mass is 9.92. The van der Waals surface area contributed by atoms with Gasteiger partial charge in [-0.1, -0.05) is 17.7 Å². The third-order valence-corrected chi connectivity index (χ3v) is 7.28. The molecule has 0 spiro atoms. The van der Waals surface area contributed by atoms with Crippen molar-refractivity contribution < 1.29 is 12.6 Å². The van der Waals surface area contributed by atoms with E-state index in [1.165, 1.54) is 19.3 Å². The second-order valence-electron chi connectivity index (χ2n) is 7.05. The predicted octanol–water partition coefficient (Wildman–Crippen LogP) is 3.53. The average molecular weight is 306 g/mol. The molecular formula is C17H22O3S. The Hall–Kier alpha value is -0.870. The van der Waals surface area contributed by atoms with Gasteiger partial charge in [0.25, 0.3) is 10.1 Å². The molecule has 0 amide bonds. The van der Waals surface area contributed by atoms with E-state index in [2.05, 4.69) is 0 Å². The molecule has 1 aromatic carbocycles. The van der Waals surface area contributed by atoms with Gasteiger partial charge in [0.2, 0.25) is 0 Å². The molecule has 114 valence electrons. The second kappa shape index (κ2) is 4.82. The minimum absolute atomic E-state index is 0.0865. The summed E-state index contributed by atoms with van der Waals surface area (Å²) < 4.78 is 30.6. The Kier molecular flexibility index (Phi) is 3.16. The number of benzene rings is 1. The van der Waals surface area contributed by atoms with E-state index in [1.54, 1.807) is 12.1 Å². The van der Waals surface area contributed by atoms with Gasteiger partial charge in [-0.25, -0.2) is 0 Å². The van der Waals surface area contributed by atoms with Crippen molar-refractivity contribution >= 4 is 10.1 Å². The maximum Gasteiger partial charge on any atom is 0.297 e. The van der Waals surface area contributed by atoms with E-state index in [1.807, 2.05) is 19.1 Å². The molecule has 21 heavy (non-hydrogen) atoms. The maximum atomic E-state index is 12.5. The standard InChI is InChI=1S/C17H22O3S/c1-11-2-7-14(8-3-11)21(18,19)20-16-10-13-5-4-12-6-9-15(16)17(12)13/h2-3,7-8,12-13,15-17H,4-6,9-10H2,1H3. The smallest absolute Gasteiger partial charge is 0.263 e. The fourth-order valence-electron chi connectivity index (χ4n) is 5.05. The minimum atomic E-state index is -3.62. The number of hydrogen-bond donors (Lipinski definition) is 0. The topological polar surface area (TPSA) is 43.4 Å². The van der Waals surface area contributed by atoms with Gasteiger partial charge in [-0.3, -0.25) is 4.18 Å². The van der Waals surface area contributed by atoms with Crippen molar-refractivity contribution in [2.75, 3.05) is 0 Å². The van der Waals surface area contributed by atoms with Crippen molar-refractivity contribution in [2.24, 2.45) is 23.7 Å². The zero-order valence-corrected chi connectivity index (χ0v) is 13.2. The summed E-state index contributed by atoms with van der Waals surface area (Å²) in [5.74, 6) is 2.77. The van der Waals surface area contributed by atoms with E-state index in [4.69, 9.17) is 4.18 Å². The van der Waals surface area contributed by atoms with Gasteiger partial charge >= 0.3 is 0 Å². The summed E-state index contributed by atoms with van der Waals surface area (Å²) in [6.07, 6.45) is 5.91. The van der Waals surface area contributed by atoms with E-state index in [-0.39, 0.29) is 6.10 Å². The van der Waals surface area contributed by atoms with Crippen molar-refractivity contribution in [3.8, 4) is 0 Å². The normalized spacial score (nSPS) is 37.9. The van der Waals surface area contributed by atoms with Crippen molar-refractivity contribution in [3.63, 3.8) is 0 Å². The molecule has 3 aliphatic rings. The molecule has 0 saturated heterocycles. The fraction of sp³-hybridized carbons (Fsp3) is 0.647. The Balaban J connectivity index is 1.55. The molecule has 1 aromatic rings. The fourth-order valence-corrected chi connectivity index (χ4v) is 6.18. The van der Waals surface area contributed by atoms with Gasteiger partial charge in [-0.15, -0.1) is 0 Å². The molecular weight excluding hydrogens is 284 g/mol. The van der Waals surface area contributed by atoms with Crippen LogP contribution in [-0.4, -0.2) is 14.5 Å². The zero-order valence-electron chi connectivity index (χ0n) is 12.4. The average Bonchev–Trinajstić information content (AvgIpc) is 3.08. The molecule has 4 heteroatoms. The predicted molar refractivity (Wildman–Crippen MR) is 80.3 cm³/mol. The van der Waals surface area contributed by atoms with Gasteiger partial charge in [-0.2, -0.15) is 8.42 Å². The molecule has 0 N–H and O–H groups in total. The first-order valence-electron chi connectivity index (χ1n) is 8.04. The molecule has 0 aliphatic heterocycles. The number of aryl methyl sites for hydroxylation is 1.